The number of para-hydroxylation sites is 1. The van der Waals surface area contributed by atoms with Gasteiger partial charge >= 0.3 is 5.97 Å². The maximum atomic E-state index is 13.7. The second-order valence-electron chi connectivity index (χ2n) is 11.2. The highest BCUT2D eigenvalue weighted by atomic mass is 32.1. The van der Waals surface area contributed by atoms with Crippen LogP contribution in [0.2, 0.25) is 0 Å². The number of benzene rings is 1. The highest BCUT2D eigenvalue weighted by Gasteiger charge is 2.32. The van der Waals surface area contributed by atoms with Crippen molar-refractivity contribution in [3.8, 4) is 0 Å². The van der Waals surface area contributed by atoms with E-state index in [1.807, 2.05) is 55.5 Å². The summed E-state index contributed by atoms with van der Waals surface area (Å²) in [5, 5.41) is 28.2. The summed E-state index contributed by atoms with van der Waals surface area (Å²) in [5.74, 6) is -3.52. The Morgan fingerprint density at radius 3 is 2.41 bits per heavy atom. The van der Waals surface area contributed by atoms with E-state index in [-0.39, 0.29) is 36.5 Å². The van der Waals surface area contributed by atoms with Gasteiger partial charge in [0.25, 0.3) is 0 Å². The molecule has 13 nitrogen and oxygen atoms in total. The third-order valence-electron chi connectivity index (χ3n) is 7.50. The number of allylic oxidation sites excluding steroid dienone is 4. The number of carboxylic acids is 1. The molecule has 3 rings (SSSR count). The van der Waals surface area contributed by atoms with Crippen LogP contribution >= 0.6 is 12.6 Å². The lowest BCUT2D eigenvalue weighted by Gasteiger charge is -2.30. The number of fused-ring (bicyclic) bond motifs is 1. The van der Waals surface area contributed by atoms with Crippen LogP contribution in [0.3, 0.4) is 0 Å². The van der Waals surface area contributed by atoms with Gasteiger partial charge in [-0.25, -0.2) is 4.79 Å². The lowest BCUT2D eigenvalue weighted by Crippen LogP contribution is -2.58. The van der Waals surface area contributed by atoms with E-state index < -0.39 is 47.9 Å². The number of nitrogens with one attached hydrogen (secondary N) is 6. The zero-order valence-electron chi connectivity index (χ0n) is 24.6. The Morgan fingerprint density at radius 2 is 1.75 bits per heavy atom. The standard InChI is InChI=1S/C30H42N8O5S/c1-30(11-5-2-6-12-30)15-20(31)25(39)36-22(10-7-13-34-29(32)33)26(40)37-23(27(41)38-24(17-44)28(42)43)14-18-16-35-21-9-4-3-8-19(18)21/h2-6,8-9,11,16,20,22-24,35,44H,7,10,12-15,17,31H2,1H3,(H,36,39)(H,37,40)(H,38,41)(H,42,43)(H4,32,33,34)/t20-,22+,23+,24+,30?/m1/s1. The number of aliphatic carboxylic acids is 1. The van der Waals surface area contributed by atoms with Gasteiger partial charge in [-0.05, 0) is 42.7 Å². The Labute approximate surface area is 261 Å². The Bertz CT molecular complexity index is 1410. The third kappa shape index (κ3) is 9.88. The molecule has 0 bridgehead atoms. The average Bonchev–Trinajstić information content (AvgIpc) is 3.39. The van der Waals surface area contributed by atoms with Gasteiger partial charge in [-0.3, -0.25) is 19.8 Å². The molecule has 0 spiro atoms. The summed E-state index contributed by atoms with van der Waals surface area (Å²) in [6.45, 7) is 2.28. The van der Waals surface area contributed by atoms with Gasteiger partial charge in [-0.1, -0.05) is 49.4 Å². The summed E-state index contributed by atoms with van der Waals surface area (Å²) in [7, 11) is 0. The maximum Gasteiger partial charge on any atom is 0.327 e. The molecule has 1 aliphatic rings. The number of hydrogen-bond acceptors (Lipinski definition) is 7. The summed E-state index contributed by atoms with van der Waals surface area (Å²) >= 11 is 4.02. The van der Waals surface area contributed by atoms with Crippen LogP contribution in [0, 0.1) is 10.8 Å². The number of thiol groups is 1. The lowest BCUT2D eigenvalue weighted by atomic mass is 9.78. The smallest absolute Gasteiger partial charge is 0.327 e. The first kappa shape index (κ1) is 34.2. The fourth-order valence-corrected chi connectivity index (χ4v) is 5.30. The van der Waals surface area contributed by atoms with E-state index in [4.69, 9.17) is 16.9 Å². The van der Waals surface area contributed by atoms with Crippen LogP contribution in [0.25, 0.3) is 10.9 Å². The molecule has 238 valence electrons. The van der Waals surface area contributed by atoms with E-state index in [0.717, 1.165) is 22.9 Å². The molecule has 1 aromatic heterocycles. The van der Waals surface area contributed by atoms with E-state index in [2.05, 4.69) is 38.9 Å². The first-order valence-corrected chi connectivity index (χ1v) is 15.0. The van der Waals surface area contributed by atoms with E-state index >= 15 is 0 Å². The van der Waals surface area contributed by atoms with Gasteiger partial charge in [-0.15, -0.1) is 0 Å². The zero-order chi connectivity index (χ0) is 32.3. The predicted molar refractivity (Wildman–Crippen MR) is 172 cm³/mol. The number of amides is 3. The lowest BCUT2D eigenvalue weighted by molar-refractivity contribution is -0.141. The van der Waals surface area contributed by atoms with E-state index in [0.29, 0.717) is 12.8 Å². The van der Waals surface area contributed by atoms with Crippen LogP contribution in [-0.4, -0.2) is 76.2 Å². The Hall–Kier alpha value is -4.30. The molecule has 0 radical (unpaired) electrons. The molecule has 44 heavy (non-hydrogen) atoms. The van der Waals surface area contributed by atoms with Gasteiger partial charge in [-0.2, -0.15) is 12.6 Å². The van der Waals surface area contributed by atoms with Crippen LogP contribution in [0.15, 0.2) is 54.8 Å². The van der Waals surface area contributed by atoms with Crippen molar-refractivity contribution in [1.29, 1.82) is 5.41 Å². The first-order chi connectivity index (χ1) is 20.9. The Kier molecular flexibility index (Phi) is 12.4. The minimum absolute atomic E-state index is 0.0464. The van der Waals surface area contributed by atoms with Crippen molar-refractivity contribution in [2.45, 2.75) is 63.2 Å². The minimum atomic E-state index is -1.27. The molecule has 5 atom stereocenters. The quantitative estimate of drug-likeness (QED) is 0.0550. The van der Waals surface area contributed by atoms with Gasteiger partial charge < -0.3 is 42.8 Å². The van der Waals surface area contributed by atoms with Crippen LogP contribution in [0.5, 0.6) is 0 Å². The number of carboxylic acid groups (broad SMARTS) is 1. The molecule has 1 unspecified atom stereocenters. The summed E-state index contributed by atoms with van der Waals surface area (Å²) in [6.07, 6.45) is 11.2. The number of nitrogens with two attached hydrogens (primary N) is 2. The van der Waals surface area contributed by atoms with Crippen LogP contribution in [0.1, 0.15) is 38.2 Å². The molecular formula is C30H42N8O5S. The number of rotatable bonds is 16. The van der Waals surface area contributed by atoms with Gasteiger partial charge in [0.1, 0.15) is 18.1 Å². The van der Waals surface area contributed by atoms with Crippen molar-refractivity contribution in [3.63, 3.8) is 0 Å². The fraction of sp³-hybridized carbons (Fsp3) is 0.433. The topological polar surface area (TPSA) is 228 Å². The molecule has 14 heteroatoms. The van der Waals surface area contributed by atoms with Crippen molar-refractivity contribution in [2.75, 3.05) is 12.3 Å². The molecule has 0 fully saturated rings. The van der Waals surface area contributed by atoms with Gasteiger partial charge in [0.15, 0.2) is 5.96 Å². The summed E-state index contributed by atoms with van der Waals surface area (Å²) < 4.78 is 0. The van der Waals surface area contributed by atoms with Gasteiger partial charge in [0.05, 0.1) is 6.04 Å². The Balaban J connectivity index is 1.81. The SMILES string of the molecule is CC1(C[C@@H](N)C(=O)N[C@@H](CCCNC(=N)N)C(=O)N[C@@H](Cc2c[nH]c3ccccc23)C(=O)N[C@@H](CS)C(=O)O)C=CC=CC1. The molecular weight excluding hydrogens is 584 g/mol. The number of H-pyrrole nitrogens is 1. The molecule has 3 amide bonds. The van der Waals surface area contributed by atoms with Gasteiger partial charge in [0, 0.05) is 35.8 Å². The second kappa shape index (κ2) is 16.0. The molecule has 0 saturated carbocycles. The van der Waals surface area contributed by atoms with Crippen LogP contribution in [-0.2, 0) is 25.6 Å². The van der Waals surface area contributed by atoms with E-state index in [9.17, 15) is 24.3 Å². The molecule has 0 saturated heterocycles. The number of carbonyl (C=O) groups is 4. The molecule has 1 heterocycles. The van der Waals surface area contributed by atoms with Crippen molar-refractivity contribution in [3.05, 3.63) is 60.3 Å². The molecule has 1 aliphatic carbocycles. The highest BCUT2D eigenvalue weighted by molar-refractivity contribution is 7.80. The molecule has 1 aromatic carbocycles. The van der Waals surface area contributed by atoms with Crippen molar-refractivity contribution >= 4 is 53.2 Å². The first-order valence-electron chi connectivity index (χ1n) is 14.4. The number of aromatic amines is 1. The minimum Gasteiger partial charge on any atom is -0.480 e. The normalized spacial score (nSPS) is 18.5. The number of carbonyl (C=O) groups excluding carboxylic acids is 3. The van der Waals surface area contributed by atoms with E-state index in [1.54, 1.807) is 6.20 Å². The monoisotopic (exact) mass is 626 g/mol. The molecule has 2 aromatic rings. The van der Waals surface area contributed by atoms with Crippen molar-refractivity contribution in [1.82, 2.24) is 26.3 Å². The third-order valence-corrected chi connectivity index (χ3v) is 7.87. The average molecular weight is 627 g/mol. The largest absolute Gasteiger partial charge is 0.480 e. The van der Waals surface area contributed by atoms with E-state index in [1.165, 1.54) is 0 Å². The molecule has 11 N–H and O–H groups in total. The zero-order valence-corrected chi connectivity index (χ0v) is 25.5. The number of aromatic nitrogens is 1. The summed E-state index contributed by atoms with van der Waals surface area (Å²) in [5.41, 5.74) is 12.9. The fourth-order valence-electron chi connectivity index (χ4n) is 5.05. The van der Waals surface area contributed by atoms with Gasteiger partial charge in [0.2, 0.25) is 17.7 Å². The predicted octanol–water partition coefficient (Wildman–Crippen LogP) is 0.682. The van der Waals surface area contributed by atoms with Crippen molar-refractivity contribution < 1.29 is 24.3 Å². The van der Waals surface area contributed by atoms with Crippen molar-refractivity contribution in [2.24, 2.45) is 16.9 Å². The summed E-state index contributed by atoms with van der Waals surface area (Å²) in [6, 6.07) is 3.02. The number of hydrogen-bond donors (Lipinski definition) is 10. The summed E-state index contributed by atoms with van der Waals surface area (Å²) in [4.78, 5) is 55.0. The van der Waals surface area contributed by atoms with Crippen LogP contribution < -0.4 is 32.7 Å². The number of guanidine groups is 1. The van der Waals surface area contributed by atoms with Crippen LogP contribution in [0.4, 0.5) is 0 Å². The highest BCUT2D eigenvalue weighted by Crippen LogP contribution is 2.32. The Morgan fingerprint density at radius 1 is 1.07 bits per heavy atom. The molecule has 0 aliphatic heterocycles. The second-order valence-corrected chi connectivity index (χ2v) is 11.6. The maximum absolute atomic E-state index is 13.7.